The van der Waals surface area contributed by atoms with Crippen molar-refractivity contribution in [1.29, 1.82) is 0 Å². The number of nitrogens with zero attached hydrogens (tertiary/aromatic N) is 1. The third-order valence-corrected chi connectivity index (χ3v) is 6.02. The standard InChI is InChI=1S/C15H29N3O4S.HI/c1-16-15(18-14-5-10-23(19,20)12-14)17-6-2-7-22-11-13-3-8-21-9-4-13;/h13-14H,2-12H2,1H3,(H2,16,17,18);1H. The summed E-state index contributed by atoms with van der Waals surface area (Å²) in [6.07, 6.45) is 3.74. The molecule has 7 nitrogen and oxygen atoms in total. The van der Waals surface area contributed by atoms with Crippen LogP contribution < -0.4 is 10.6 Å². The highest BCUT2D eigenvalue weighted by Gasteiger charge is 2.28. The first kappa shape index (κ1) is 21.9. The van der Waals surface area contributed by atoms with Crippen molar-refractivity contribution in [1.82, 2.24) is 10.6 Å². The van der Waals surface area contributed by atoms with Crippen molar-refractivity contribution < 1.29 is 17.9 Å². The molecule has 2 heterocycles. The van der Waals surface area contributed by atoms with Crippen molar-refractivity contribution >= 4 is 39.8 Å². The number of sulfone groups is 1. The lowest BCUT2D eigenvalue weighted by Gasteiger charge is -2.21. The molecule has 24 heavy (non-hydrogen) atoms. The highest BCUT2D eigenvalue weighted by molar-refractivity contribution is 14.0. The van der Waals surface area contributed by atoms with Crippen LogP contribution in [-0.4, -0.2) is 71.9 Å². The van der Waals surface area contributed by atoms with Gasteiger partial charge in [-0.1, -0.05) is 0 Å². The molecular formula is C15H30IN3O4S. The van der Waals surface area contributed by atoms with E-state index in [9.17, 15) is 8.42 Å². The Hall–Kier alpha value is -0.130. The van der Waals surface area contributed by atoms with Crippen molar-refractivity contribution in [2.24, 2.45) is 10.9 Å². The number of aliphatic imine (C=N–C) groups is 1. The van der Waals surface area contributed by atoms with Crippen molar-refractivity contribution in [3.05, 3.63) is 0 Å². The van der Waals surface area contributed by atoms with Crippen LogP contribution in [0.25, 0.3) is 0 Å². The maximum atomic E-state index is 11.4. The SMILES string of the molecule is CN=C(NCCCOCC1CCOCC1)NC1CCS(=O)(=O)C1.I. The molecule has 0 aromatic heterocycles. The minimum atomic E-state index is -2.87. The molecule has 2 fully saturated rings. The third-order valence-electron chi connectivity index (χ3n) is 4.25. The van der Waals surface area contributed by atoms with Gasteiger partial charge in [0.2, 0.25) is 0 Å². The Morgan fingerprint density at radius 3 is 2.67 bits per heavy atom. The lowest BCUT2D eigenvalue weighted by molar-refractivity contribution is 0.0203. The molecule has 0 bridgehead atoms. The summed E-state index contributed by atoms with van der Waals surface area (Å²) in [4.78, 5) is 4.14. The van der Waals surface area contributed by atoms with Gasteiger partial charge in [-0.3, -0.25) is 4.99 Å². The molecule has 0 amide bonds. The van der Waals surface area contributed by atoms with E-state index in [0.29, 0.717) is 18.3 Å². The Morgan fingerprint density at radius 1 is 1.29 bits per heavy atom. The number of hydrogen-bond acceptors (Lipinski definition) is 5. The normalized spacial score (nSPS) is 24.4. The molecule has 0 aliphatic carbocycles. The fraction of sp³-hybridized carbons (Fsp3) is 0.933. The highest BCUT2D eigenvalue weighted by Crippen LogP contribution is 2.14. The Balaban J connectivity index is 0.00000288. The molecule has 0 spiro atoms. The molecule has 1 unspecified atom stereocenters. The van der Waals surface area contributed by atoms with Crippen LogP contribution in [0.4, 0.5) is 0 Å². The van der Waals surface area contributed by atoms with Gasteiger partial charge >= 0.3 is 0 Å². The first-order valence-electron chi connectivity index (χ1n) is 8.42. The fourth-order valence-electron chi connectivity index (χ4n) is 2.84. The Bertz CT molecular complexity index is 481. The summed E-state index contributed by atoms with van der Waals surface area (Å²) in [6, 6.07) is -0.0315. The quantitative estimate of drug-likeness (QED) is 0.245. The number of ether oxygens (including phenoxy) is 2. The first-order valence-corrected chi connectivity index (χ1v) is 10.2. The van der Waals surface area contributed by atoms with E-state index in [1.54, 1.807) is 7.05 Å². The van der Waals surface area contributed by atoms with Gasteiger partial charge in [0.05, 0.1) is 11.5 Å². The molecule has 0 saturated carbocycles. The lowest BCUT2D eigenvalue weighted by atomic mass is 10.0. The van der Waals surface area contributed by atoms with E-state index >= 15 is 0 Å². The Morgan fingerprint density at radius 2 is 2.04 bits per heavy atom. The number of hydrogen-bond donors (Lipinski definition) is 2. The second-order valence-electron chi connectivity index (χ2n) is 6.23. The Labute approximate surface area is 162 Å². The van der Waals surface area contributed by atoms with Gasteiger partial charge < -0.3 is 20.1 Å². The van der Waals surface area contributed by atoms with Crippen LogP contribution in [0.3, 0.4) is 0 Å². The average Bonchev–Trinajstić information content (AvgIpc) is 2.89. The van der Waals surface area contributed by atoms with Crippen LogP contribution in [0.15, 0.2) is 4.99 Å². The molecule has 2 N–H and O–H groups in total. The number of guanidine groups is 1. The van der Waals surface area contributed by atoms with E-state index in [1.165, 1.54) is 0 Å². The molecule has 2 rings (SSSR count). The van der Waals surface area contributed by atoms with E-state index in [2.05, 4.69) is 15.6 Å². The average molecular weight is 475 g/mol. The maximum absolute atomic E-state index is 11.4. The van der Waals surface area contributed by atoms with Gasteiger partial charge in [0, 0.05) is 46.1 Å². The van der Waals surface area contributed by atoms with E-state index in [1.807, 2.05) is 0 Å². The zero-order chi connectivity index (χ0) is 16.5. The molecule has 142 valence electrons. The van der Waals surface area contributed by atoms with Gasteiger partial charge in [-0.15, -0.1) is 24.0 Å². The summed E-state index contributed by atoms with van der Waals surface area (Å²) in [5, 5.41) is 6.38. The second-order valence-corrected chi connectivity index (χ2v) is 8.46. The van der Waals surface area contributed by atoms with Gasteiger partial charge in [0.15, 0.2) is 15.8 Å². The minimum absolute atomic E-state index is 0. The zero-order valence-electron chi connectivity index (χ0n) is 14.3. The molecular weight excluding hydrogens is 445 g/mol. The van der Waals surface area contributed by atoms with Gasteiger partial charge in [0.1, 0.15) is 0 Å². The lowest BCUT2D eigenvalue weighted by Crippen LogP contribution is -2.44. The summed E-state index contributed by atoms with van der Waals surface area (Å²) < 4.78 is 33.9. The van der Waals surface area contributed by atoms with Crippen molar-refractivity contribution in [2.75, 3.05) is 51.5 Å². The first-order chi connectivity index (χ1) is 11.1. The molecule has 1 atom stereocenters. The van der Waals surface area contributed by atoms with Crippen LogP contribution in [0.2, 0.25) is 0 Å². The van der Waals surface area contributed by atoms with Gasteiger partial charge in [-0.2, -0.15) is 0 Å². The zero-order valence-corrected chi connectivity index (χ0v) is 17.5. The van der Waals surface area contributed by atoms with E-state index in [0.717, 1.165) is 52.2 Å². The summed E-state index contributed by atoms with van der Waals surface area (Å²) in [6.45, 7) is 4.01. The van der Waals surface area contributed by atoms with Crippen LogP contribution in [0.1, 0.15) is 25.7 Å². The fourth-order valence-corrected chi connectivity index (χ4v) is 4.51. The predicted octanol–water partition coefficient (Wildman–Crippen LogP) is 0.790. The third kappa shape index (κ3) is 8.30. The van der Waals surface area contributed by atoms with E-state index in [4.69, 9.17) is 9.47 Å². The van der Waals surface area contributed by atoms with Crippen LogP contribution in [-0.2, 0) is 19.3 Å². The number of rotatable bonds is 7. The molecule has 0 aromatic carbocycles. The second kappa shape index (κ2) is 11.5. The van der Waals surface area contributed by atoms with Crippen molar-refractivity contribution in [3.63, 3.8) is 0 Å². The molecule has 2 aliphatic heterocycles. The summed E-state index contributed by atoms with van der Waals surface area (Å²) in [5.41, 5.74) is 0. The largest absolute Gasteiger partial charge is 0.381 e. The smallest absolute Gasteiger partial charge is 0.191 e. The van der Waals surface area contributed by atoms with E-state index in [-0.39, 0.29) is 41.5 Å². The molecule has 2 aliphatic rings. The monoisotopic (exact) mass is 475 g/mol. The van der Waals surface area contributed by atoms with Crippen LogP contribution in [0, 0.1) is 5.92 Å². The van der Waals surface area contributed by atoms with Crippen LogP contribution >= 0.6 is 24.0 Å². The summed E-state index contributed by atoms with van der Waals surface area (Å²) in [7, 11) is -1.17. The van der Waals surface area contributed by atoms with E-state index < -0.39 is 9.84 Å². The number of nitrogens with one attached hydrogen (secondary N) is 2. The van der Waals surface area contributed by atoms with Gasteiger partial charge in [0.25, 0.3) is 0 Å². The molecule has 9 heteroatoms. The highest BCUT2D eigenvalue weighted by atomic mass is 127. The maximum Gasteiger partial charge on any atom is 0.191 e. The van der Waals surface area contributed by atoms with Crippen LogP contribution in [0.5, 0.6) is 0 Å². The molecule has 2 saturated heterocycles. The van der Waals surface area contributed by atoms with Crippen molar-refractivity contribution in [2.45, 2.75) is 31.7 Å². The summed E-state index contributed by atoms with van der Waals surface area (Å²) >= 11 is 0. The van der Waals surface area contributed by atoms with Gasteiger partial charge in [-0.05, 0) is 31.6 Å². The number of halogens is 1. The minimum Gasteiger partial charge on any atom is -0.381 e. The Kier molecular flexibility index (Phi) is 10.5. The predicted molar refractivity (Wildman–Crippen MR) is 106 cm³/mol. The van der Waals surface area contributed by atoms with Gasteiger partial charge in [-0.25, -0.2) is 8.42 Å². The molecule has 0 radical (unpaired) electrons. The molecule has 0 aromatic rings. The topological polar surface area (TPSA) is 89.0 Å². The summed E-state index contributed by atoms with van der Waals surface area (Å²) in [5.74, 6) is 1.76. The van der Waals surface area contributed by atoms with Crippen molar-refractivity contribution in [3.8, 4) is 0 Å².